The number of nitrogens with one attached hydrogen (secondary N) is 2. The van der Waals surface area contributed by atoms with Crippen LogP contribution in [-0.2, 0) is 11.2 Å². The van der Waals surface area contributed by atoms with Crippen molar-refractivity contribution in [3.05, 3.63) is 11.9 Å². The van der Waals surface area contributed by atoms with Crippen molar-refractivity contribution in [2.45, 2.75) is 33.1 Å². The smallest absolute Gasteiger partial charge is 0.239 e. The van der Waals surface area contributed by atoms with E-state index in [1.165, 1.54) is 0 Å². The van der Waals surface area contributed by atoms with E-state index in [4.69, 9.17) is 0 Å². The summed E-state index contributed by atoms with van der Waals surface area (Å²) in [6.07, 6.45) is 2.76. The zero-order valence-corrected chi connectivity index (χ0v) is 12.9. The maximum atomic E-state index is 11.7. The Balaban J connectivity index is 2.77. The number of amides is 1. The van der Waals surface area contributed by atoms with Gasteiger partial charge in [-0.3, -0.25) is 4.79 Å². The van der Waals surface area contributed by atoms with Crippen molar-refractivity contribution in [3.8, 4) is 0 Å². The number of rotatable bonds is 8. The molecule has 1 amide bonds. The van der Waals surface area contributed by atoms with Gasteiger partial charge in [0.05, 0.1) is 6.54 Å². The van der Waals surface area contributed by atoms with Gasteiger partial charge in [-0.25, -0.2) is 9.97 Å². The van der Waals surface area contributed by atoms with Gasteiger partial charge < -0.3 is 15.5 Å². The van der Waals surface area contributed by atoms with Crippen LogP contribution in [-0.4, -0.2) is 43.1 Å². The van der Waals surface area contributed by atoms with E-state index in [1.54, 1.807) is 0 Å². The van der Waals surface area contributed by atoms with Crippen LogP contribution in [0.5, 0.6) is 0 Å². The Labute approximate surface area is 121 Å². The summed E-state index contributed by atoms with van der Waals surface area (Å²) in [5.74, 6) is 2.35. The molecule has 0 aromatic carbocycles. The molecule has 0 aliphatic heterocycles. The molecule has 0 unspecified atom stereocenters. The lowest BCUT2D eigenvalue weighted by molar-refractivity contribution is -0.119. The zero-order valence-electron chi connectivity index (χ0n) is 12.9. The molecular weight excluding hydrogens is 254 g/mol. The lowest BCUT2D eigenvalue weighted by Gasteiger charge is -2.19. The predicted molar refractivity (Wildman–Crippen MR) is 82.1 cm³/mol. The standard InChI is InChI=1S/C14H25N5O/c1-5-7-11-17-12(15-3)9-13(18-11)19(4)10-14(20)16-8-6-2/h9H,5-8,10H2,1-4H3,(H,16,20)(H,15,17,18). The first-order valence-electron chi connectivity index (χ1n) is 7.14. The number of aryl methyl sites for hydroxylation is 1. The van der Waals surface area contributed by atoms with Gasteiger partial charge in [0, 0.05) is 33.1 Å². The number of carbonyl (C=O) groups excluding carboxylic acids is 1. The molecule has 0 spiro atoms. The van der Waals surface area contributed by atoms with Crippen molar-refractivity contribution in [2.75, 3.05) is 37.4 Å². The Kier molecular flexibility index (Phi) is 6.76. The molecule has 1 rings (SSSR count). The van der Waals surface area contributed by atoms with Gasteiger partial charge >= 0.3 is 0 Å². The summed E-state index contributed by atoms with van der Waals surface area (Å²) in [5, 5.41) is 5.89. The summed E-state index contributed by atoms with van der Waals surface area (Å²) in [7, 11) is 3.69. The van der Waals surface area contributed by atoms with E-state index in [-0.39, 0.29) is 5.91 Å². The second kappa shape index (κ2) is 8.35. The molecule has 6 heteroatoms. The molecule has 0 fully saturated rings. The Morgan fingerprint density at radius 2 is 2.05 bits per heavy atom. The first-order chi connectivity index (χ1) is 9.60. The van der Waals surface area contributed by atoms with Gasteiger partial charge in [-0.15, -0.1) is 0 Å². The van der Waals surface area contributed by atoms with Crippen molar-refractivity contribution < 1.29 is 4.79 Å². The van der Waals surface area contributed by atoms with Crippen LogP contribution < -0.4 is 15.5 Å². The molecule has 0 radical (unpaired) electrons. The Morgan fingerprint density at radius 3 is 2.65 bits per heavy atom. The molecule has 0 saturated carbocycles. The third-order valence-electron chi connectivity index (χ3n) is 2.83. The highest BCUT2D eigenvalue weighted by Crippen LogP contribution is 2.15. The average Bonchev–Trinajstić information content (AvgIpc) is 2.45. The van der Waals surface area contributed by atoms with Crippen LogP contribution in [0.4, 0.5) is 11.6 Å². The molecule has 1 heterocycles. The van der Waals surface area contributed by atoms with E-state index in [0.29, 0.717) is 13.1 Å². The second-order valence-corrected chi connectivity index (χ2v) is 4.73. The summed E-state index contributed by atoms with van der Waals surface area (Å²) >= 11 is 0. The van der Waals surface area contributed by atoms with Crippen LogP contribution in [0.25, 0.3) is 0 Å². The van der Waals surface area contributed by atoms with Crippen LogP contribution in [0.15, 0.2) is 6.07 Å². The first kappa shape index (κ1) is 16.2. The molecule has 0 aliphatic rings. The number of aromatic nitrogens is 2. The largest absolute Gasteiger partial charge is 0.373 e. The number of anilines is 2. The fraction of sp³-hybridized carbons (Fsp3) is 0.643. The molecular formula is C14H25N5O. The molecule has 0 bridgehead atoms. The molecule has 2 N–H and O–H groups in total. The van der Waals surface area contributed by atoms with E-state index in [1.807, 2.05) is 32.0 Å². The zero-order chi connectivity index (χ0) is 15.0. The highest BCUT2D eigenvalue weighted by atomic mass is 16.2. The molecule has 20 heavy (non-hydrogen) atoms. The summed E-state index contributed by atoms with van der Waals surface area (Å²) in [4.78, 5) is 22.5. The van der Waals surface area contributed by atoms with Gasteiger partial charge in [-0.1, -0.05) is 13.8 Å². The molecule has 1 aromatic heterocycles. The van der Waals surface area contributed by atoms with E-state index in [9.17, 15) is 4.79 Å². The monoisotopic (exact) mass is 279 g/mol. The lowest BCUT2D eigenvalue weighted by Crippen LogP contribution is -2.36. The minimum absolute atomic E-state index is 0.0102. The topological polar surface area (TPSA) is 70.2 Å². The number of hydrogen-bond acceptors (Lipinski definition) is 5. The summed E-state index contributed by atoms with van der Waals surface area (Å²) in [5.41, 5.74) is 0. The average molecular weight is 279 g/mol. The van der Waals surface area contributed by atoms with Crippen molar-refractivity contribution in [2.24, 2.45) is 0 Å². The second-order valence-electron chi connectivity index (χ2n) is 4.73. The van der Waals surface area contributed by atoms with Crippen molar-refractivity contribution in [3.63, 3.8) is 0 Å². The molecule has 0 aliphatic carbocycles. The van der Waals surface area contributed by atoms with E-state index in [2.05, 4.69) is 27.5 Å². The molecule has 6 nitrogen and oxygen atoms in total. The van der Waals surface area contributed by atoms with Gasteiger partial charge in [0.1, 0.15) is 17.5 Å². The molecule has 0 saturated heterocycles. The maximum Gasteiger partial charge on any atom is 0.239 e. The number of hydrogen-bond donors (Lipinski definition) is 2. The van der Waals surface area contributed by atoms with Crippen molar-refractivity contribution >= 4 is 17.5 Å². The van der Waals surface area contributed by atoms with Crippen molar-refractivity contribution in [1.82, 2.24) is 15.3 Å². The van der Waals surface area contributed by atoms with E-state index < -0.39 is 0 Å². The van der Waals surface area contributed by atoms with Crippen LogP contribution in [0.3, 0.4) is 0 Å². The van der Waals surface area contributed by atoms with Gasteiger partial charge in [0.15, 0.2) is 0 Å². The van der Waals surface area contributed by atoms with E-state index >= 15 is 0 Å². The summed E-state index contributed by atoms with van der Waals surface area (Å²) in [6, 6.07) is 1.85. The minimum atomic E-state index is 0.0102. The quantitative estimate of drug-likeness (QED) is 0.753. The van der Waals surface area contributed by atoms with Crippen LogP contribution in [0.1, 0.15) is 32.5 Å². The summed E-state index contributed by atoms with van der Waals surface area (Å²) in [6.45, 7) is 5.13. The van der Waals surface area contributed by atoms with Gasteiger partial charge in [-0.05, 0) is 12.8 Å². The fourth-order valence-electron chi connectivity index (χ4n) is 1.76. The number of carbonyl (C=O) groups is 1. The first-order valence-corrected chi connectivity index (χ1v) is 7.14. The van der Waals surface area contributed by atoms with Crippen molar-refractivity contribution in [1.29, 1.82) is 0 Å². The Bertz CT molecular complexity index is 436. The van der Waals surface area contributed by atoms with Crippen LogP contribution in [0.2, 0.25) is 0 Å². The predicted octanol–water partition coefficient (Wildman–Crippen LogP) is 1.43. The lowest BCUT2D eigenvalue weighted by atomic mass is 10.3. The van der Waals surface area contributed by atoms with Crippen LogP contribution in [0, 0.1) is 0 Å². The highest BCUT2D eigenvalue weighted by Gasteiger charge is 2.11. The molecule has 112 valence electrons. The molecule has 0 atom stereocenters. The van der Waals surface area contributed by atoms with Gasteiger partial charge in [-0.2, -0.15) is 0 Å². The normalized spacial score (nSPS) is 10.2. The molecule has 1 aromatic rings. The Hall–Kier alpha value is -1.85. The summed E-state index contributed by atoms with van der Waals surface area (Å²) < 4.78 is 0. The third-order valence-corrected chi connectivity index (χ3v) is 2.83. The van der Waals surface area contributed by atoms with Gasteiger partial charge in [0.25, 0.3) is 0 Å². The Morgan fingerprint density at radius 1 is 1.30 bits per heavy atom. The van der Waals surface area contributed by atoms with Crippen LogP contribution >= 0.6 is 0 Å². The minimum Gasteiger partial charge on any atom is -0.373 e. The SMILES string of the molecule is CCCNC(=O)CN(C)c1cc(NC)nc(CCC)n1. The maximum absolute atomic E-state index is 11.7. The number of nitrogens with zero attached hydrogens (tertiary/aromatic N) is 3. The third kappa shape index (κ3) is 5.03. The number of likely N-dealkylation sites (N-methyl/N-ethyl adjacent to an activating group) is 1. The van der Waals surface area contributed by atoms with E-state index in [0.717, 1.165) is 36.7 Å². The van der Waals surface area contributed by atoms with Gasteiger partial charge in [0.2, 0.25) is 5.91 Å². The highest BCUT2D eigenvalue weighted by molar-refractivity contribution is 5.80. The fourth-order valence-corrected chi connectivity index (χ4v) is 1.76.